The Hall–Kier alpha value is -2.21. The number of hydrogen-bond donors (Lipinski definition) is 1. The van der Waals surface area contributed by atoms with Crippen LogP contribution in [-0.4, -0.2) is 62.8 Å². The van der Waals surface area contributed by atoms with Crippen LogP contribution in [0.3, 0.4) is 0 Å². The first-order chi connectivity index (χ1) is 11.2. The number of carbonyl (C=O) groups excluding carboxylic acids is 1. The van der Waals surface area contributed by atoms with E-state index in [-0.39, 0.29) is 6.03 Å². The molecule has 126 valence electrons. The summed E-state index contributed by atoms with van der Waals surface area (Å²) in [5.41, 5.74) is 1.17. The molecule has 2 amide bonds. The Kier molecular flexibility index (Phi) is 6.29. The van der Waals surface area contributed by atoms with E-state index >= 15 is 0 Å². The van der Waals surface area contributed by atoms with E-state index in [4.69, 9.17) is 9.47 Å². The monoisotopic (exact) mass is 319 g/mol. The Balaban J connectivity index is 1.86. The molecule has 1 fully saturated rings. The highest BCUT2D eigenvalue weighted by atomic mass is 16.5. The van der Waals surface area contributed by atoms with Gasteiger partial charge in [-0.15, -0.1) is 6.58 Å². The molecule has 1 heterocycles. The largest absolute Gasteiger partial charge is 0.493 e. The van der Waals surface area contributed by atoms with E-state index in [9.17, 15) is 4.79 Å². The molecule has 0 radical (unpaired) electrons. The lowest BCUT2D eigenvalue weighted by Gasteiger charge is -2.34. The summed E-state index contributed by atoms with van der Waals surface area (Å²) in [6.07, 6.45) is 1.69. The average Bonchev–Trinajstić information content (AvgIpc) is 2.60. The van der Waals surface area contributed by atoms with Gasteiger partial charge in [-0.05, 0) is 17.7 Å². The highest BCUT2D eigenvalue weighted by molar-refractivity contribution is 5.74. The molecule has 23 heavy (non-hydrogen) atoms. The molecule has 0 aliphatic carbocycles. The highest BCUT2D eigenvalue weighted by Gasteiger charge is 2.20. The maximum absolute atomic E-state index is 11.9. The van der Waals surface area contributed by atoms with Gasteiger partial charge in [0.15, 0.2) is 11.5 Å². The number of carbonyl (C=O) groups is 1. The van der Waals surface area contributed by atoms with Crippen LogP contribution in [0.15, 0.2) is 30.9 Å². The van der Waals surface area contributed by atoms with Crippen molar-refractivity contribution in [2.24, 2.45) is 0 Å². The molecular weight excluding hydrogens is 294 g/mol. The zero-order valence-corrected chi connectivity index (χ0v) is 13.9. The van der Waals surface area contributed by atoms with Gasteiger partial charge in [0.25, 0.3) is 0 Å². The van der Waals surface area contributed by atoms with Crippen LogP contribution in [0.1, 0.15) is 5.56 Å². The number of rotatable bonds is 6. The summed E-state index contributed by atoms with van der Waals surface area (Å²) in [6, 6.07) is 5.95. The maximum atomic E-state index is 11.9. The number of ether oxygens (including phenoxy) is 2. The lowest BCUT2D eigenvalue weighted by Crippen LogP contribution is -2.51. The van der Waals surface area contributed by atoms with E-state index in [1.54, 1.807) is 20.3 Å². The molecule has 1 aliphatic heterocycles. The average molecular weight is 319 g/mol. The second kappa shape index (κ2) is 8.43. The minimum absolute atomic E-state index is 0.0179. The van der Waals surface area contributed by atoms with Gasteiger partial charge >= 0.3 is 6.03 Å². The van der Waals surface area contributed by atoms with Crippen molar-refractivity contribution in [2.75, 3.05) is 46.9 Å². The Morgan fingerprint density at radius 1 is 1.22 bits per heavy atom. The minimum atomic E-state index is -0.0179. The van der Waals surface area contributed by atoms with Gasteiger partial charge in [0, 0.05) is 39.3 Å². The van der Waals surface area contributed by atoms with Crippen LogP contribution < -0.4 is 14.8 Å². The molecule has 1 N–H and O–H groups in total. The second-order valence-electron chi connectivity index (χ2n) is 5.43. The lowest BCUT2D eigenvalue weighted by atomic mass is 10.1. The SMILES string of the molecule is C=CCNC(=O)N1CCN(Cc2ccc(OC)c(OC)c2)CC1. The minimum Gasteiger partial charge on any atom is -0.493 e. The molecule has 1 aliphatic rings. The van der Waals surface area contributed by atoms with Crippen LogP contribution in [0.2, 0.25) is 0 Å². The van der Waals surface area contributed by atoms with Gasteiger partial charge < -0.3 is 19.7 Å². The zero-order valence-electron chi connectivity index (χ0n) is 13.9. The number of amides is 2. The van der Waals surface area contributed by atoms with Crippen LogP contribution in [0.5, 0.6) is 11.5 Å². The summed E-state index contributed by atoms with van der Waals surface area (Å²) in [5.74, 6) is 1.48. The molecule has 2 rings (SSSR count). The summed E-state index contributed by atoms with van der Waals surface area (Å²) in [6.45, 7) is 8.12. The van der Waals surface area contributed by atoms with Crippen LogP contribution in [0.25, 0.3) is 0 Å². The molecule has 6 heteroatoms. The van der Waals surface area contributed by atoms with Gasteiger partial charge in [0.1, 0.15) is 0 Å². The van der Waals surface area contributed by atoms with Crippen molar-refractivity contribution in [1.29, 1.82) is 0 Å². The molecule has 1 aromatic carbocycles. The summed E-state index contributed by atoms with van der Waals surface area (Å²) in [7, 11) is 3.27. The molecule has 0 saturated carbocycles. The molecule has 6 nitrogen and oxygen atoms in total. The van der Waals surface area contributed by atoms with Crippen molar-refractivity contribution in [2.45, 2.75) is 6.54 Å². The van der Waals surface area contributed by atoms with Gasteiger partial charge in [-0.3, -0.25) is 4.90 Å². The number of benzene rings is 1. The van der Waals surface area contributed by atoms with E-state index in [2.05, 4.69) is 16.8 Å². The number of urea groups is 1. The van der Waals surface area contributed by atoms with Crippen LogP contribution in [-0.2, 0) is 6.54 Å². The van der Waals surface area contributed by atoms with E-state index in [0.29, 0.717) is 6.54 Å². The number of hydrogen-bond acceptors (Lipinski definition) is 4. The molecular formula is C17H25N3O3. The van der Waals surface area contributed by atoms with Crippen molar-refractivity contribution in [1.82, 2.24) is 15.1 Å². The quantitative estimate of drug-likeness (QED) is 0.811. The number of nitrogens with zero attached hydrogens (tertiary/aromatic N) is 2. The van der Waals surface area contributed by atoms with Crippen molar-refractivity contribution in [3.05, 3.63) is 36.4 Å². The summed E-state index contributed by atoms with van der Waals surface area (Å²) < 4.78 is 10.6. The van der Waals surface area contributed by atoms with Gasteiger partial charge in [0.05, 0.1) is 14.2 Å². The van der Waals surface area contributed by atoms with E-state index in [1.807, 2.05) is 23.1 Å². The Bertz CT molecular complexity index is 540. The normalized spacial score (nSPS) is 15.1. The van der Waals surface area contributed by atoms with Gasteiger partial charge in [-0.1, -0.05) is 12.1 Å². The molecule has 0 atom stereocenters. The highest BCUT2D eigenvalue weighted by Crippen LogP contribution is 2.28. The first-order valence-electron chi connectivity index (χ1n) is 7.75. The summed E-state index contributed by atoms with van der Waals surface area (Å²) in [4.78, 5) is 16.1. The fraction of sp³-hybridized carbons (Fsp3) is 0.471. The number of nitrogens with one attached hydrogen (secondary N) is 1. The first kappa shape index (κ1) is 17.1. The molecule has 0 aromatic heterocycles. The predicted molar refractivity (Wildman–Crippen MR) is 90.0 cm³/mol. The fourth-order valence-corrected chi connectivity index (χ4v) is 2.62. The molecule has 0 bridgehead atoms. The van der Waals surface area contributed by atoms with Crippen LogP contribution in [0, 0.1) is 0 Å². The third-order valence-corrected chi connectivity index (χ3v) is 3.91. The standard InChI is InChI=1S/C17H25N3O3/c1-4-7-18-17(21)20-10-8-19(9-11-20)13-14-5-6-15(22-2)16(12-14)23-3/h4-6,12H,1,7-11,13H2,2-3H3,(H,18,21). The Morgan fingerprint density at radius 3 is 2.52 bits per heavy atom. The number of piperazine rings is 1. The topological polar surface area (TPSA) is 54.0 Å². The first-order valence-corrected chi connectivity index (χ1v) is 7.75. The Morgan fingerprint density at radius 2 is 1.91 bits per heavy atom. The van der Waals surface area contributed by atoms with Gasteiger partial charge in [-0.25, -0.2) is 4.79 Å². The van der Waals surface area contributed by atoms with Crippen molar-refractivity contribution in [3.8, 4) is 11.5 Å². The second-order valence-corrected chi connectivity index (χ2v) is 5.43. The summed E-state index contributed by atoms with van der Waals surface area (Å²) >= 11 is 0. The summed E-state index contributed by atoms with van der Waals surface area (Å²) in [5, 5.41) is 2.81. The smallest absolute Gasteiger partial charge is 0.317 e. The van der Waals surface area contributed by atoms with Crippen LogP contribution >= 0.6 is 0 Å². The lowest BCUT2D eigenvalue weighted by molar-refractivity contribution is 0.136. The van der Waals surface area contributed by atoms with E-state index in [1.165, 1.54) is 5.56 Å². The zero-order chi connectivity index (χ0) is 16.7. The van der Waals surface area contributed by atoms with Crippen molar-refractivity contribution < 1.29 is 14.3 Å². The van der Waals surface area contributed by atoms with Crippen molar-refractivity contribution in [3.63, 3.8) is 0 Å². The third kappa shape index (κ3) is 4.63. The van der Waals surface area contributed by atoms with Crippen molar-refractivity contribution >= 4 is 6.03 Å². The van der Waals surface area contributed by atoms with Crippen LogP contribution in [0.4, 0.5) is 4.79 Å². The molecule has 0 spiro atoms. The Labute approximate surface area is 137 Å². The number of methoxy groups -OCH3 is 2. The molecule has 1 aromatic rings. The predicted octanol–water partition coefficient (Wildman–Crippen LogP) is 1.72. The maximum Gasteiger partial charge on any atom is 0.317 e. The third-order valence-electron chi connectivity index (χ3n) is 3.91. The molecule has 1 saturated heterocycles. The van der Waals surface area contributed by atoms with Gasteiger partial charge in [-0.2, -0.15) is 0 Å². The van der Waals surface area contributed by atoms with E-state index < -0.39 is 0 Å². The van der Waals surface area contributed by atoms with E-state index in [0.717, 1.165) is 44.2 Å². The fourth-order valence-electron chi connectivity index (χ4n) is 2.62. The van der Waals surface area contributed by atoms with Gasteiger partial charge in [0.2, 0.25) is 0 Å². The molecule has 0 unspecified atom stereocenters.